The molecule has 0 N–H and O–H groups in total. The van der Waals surface area contributed by atoms with Crippen molar-refractivity contribution in [2.24, 2.45) is 0 Å². The second-order valence-electron chi connectivity index (χ2n) is 7.21. The third kappa shape index (κ3) is 2.50. The lowest BCUT2D eigenvalue weighted by Gasteiger charge is -2.35. The van der Waals surface area contributed by atoms with Crippen molar-refractivity contribution in [3.05, 3.63) is 94.7 Å². The number of Topliss-reactive ketones (excluding diaryl/α,β-unsaturated/α-hetero) is 2. The molecule has 1 aliphatic heterocycles. The average molecular weight is 353 g/mol. The maximum Gasteiger partial charge on any atom is 0.210 e. The largest absolute Gasteiger partial charge is 0.364 e. The van der Waals surface area contributed by atoms with E-state index in [1.165, 1.54) is 0 Å². The number of allylic oxidation sites excluding steroid dienone is 2. The summed E-state index contributed by atoms with van der Waals surface area (Å²) in [6.45, 7) is 1.46. The highest BCUT2D eigenvalue weighted by Gasteiger charge is 2.37. The molecule has 0 spiro atoms. The Kier molecular flexibility index (Phi) is 3.68. The Balaban J connectivity index is 1.64. The zero-order valence-electron chi connectivity index (χ0n) is 14.9. The molecule has 0 atom stereocenters. The summed E-state index contributed by atoms with van der Waals surface area (Å²) in [7, 11) is 0. The number of carbonyl (C=O) groups excluding carboxylic acids is 2. The van der Waals surface area contributed by atoms with Crippen molar-refractivity contribution in [2.75, 3.05) is 6.54 Å². The zero-order chi connectivity index (χ0) is 18.4. The summed E-state index contributed by atoms with van der Waals surface area (Å²) in [6.07, 6.45) is 1.57. The summed E-state index contributed by atoms with van der Waals surface area (Å²) in [5, 5.41) is 1.87. The molecule has 3 aromatic carbocycles. The Bertz CT molecular complexity index is 1110. The number of carbonyl (C=O) groups is 2. The van der Waals surface area contributed by atoms with Gasteiger partial charge in [0.25, 0.3) is 0 Å². The van der Waals surface area contributed by atoms with E-state index in [0.717, 1.165) is 29.3 Å². The molecule has 0 unspecified atom stereocenters. The van der Waals surface area contributed by atoms with Crippen LogP contribution in [0, 0.1) is 0 Å². The standard InChI is InChI=1S/C24H19NO2/c26-23-20-11-6-14-25(15-16-7-2-1-3-8-16)22(20)24(27)19-13-12-17-9-4-5-10-18(17)21(19)23/h1-5,7-10,12-13H,6,11,14-15H2. The van der Waals surface area contributed by atoms with Crippen LogP contribution in [0.1, 0.15) is 39.1 Å². The molecule has 27 heavy (non-hydrogen) atoms. The van der Waals surface area contributed by atoms with E-state index in [1.807, 2.05) is 54.6 Å². The molecule has 3 nitrogen and oxygen atoms in total. The monoisotopic (exact) mass is 353 g/mol. The van der Waals surface area contributed by atoms with Gasteiger partial charge < -0.3 is 4.90 Å². The van der Waals surface area contributed by atoms with Gasteiger partial charge in [0.1, 0.15) is 0 Å². The number of fused-ring (bicyclic) bond motifs is 3. The molecular weight excluding hydrogens is 334 g/mol. The van der Waals surface area contributed by atoms with Crippen LogP contribution in [0.5, 0.6) is 0 Å². The number of nitrogens with zero attached hydrogens (tertiary/aromatic N) is 1. The molecule has 2 aliphatic rings. The second-order valence-corrected chi connectivity index (χ2v) is 7.21. The molecule has 1 aliphatic carbocycles. The minimum Gasteiger partial charge on any atom is -0.364 e. The summed E-state index contributed by atoms with van der Waals surface area (Å²) < 4.78 is 0. The summed E-state index contributed by atoms with van der Waals surface area (Å²) in [4.78, 5) is 28.9. The van der Waals surface area contributed by atoms with Crippen LogP contribution >= 0.6 is 0 Å². The summed E-state index contributed by atoms with van der Waals surface area (Å²) >= 11 is 0. The van der Waals surface area contributed by atoms with Crippen molar-refractivity contribution in [1.29, 1.82) is 0 Å². The first kappa shape index (κ1) is 16.0. The van der Waals surface area contributed by atoms with Gasteiger partial charge in [0, 0.05) is 29.8 Å². The van der Waals surface area contributed by atoms with Gasteiger partial charge in [0.2, 0.25) is 5.78 Å². The van der Waals surface area contributed by atoms with Crippen molar-refractivity contribution in [3.8, 4) is 0 Å². The lowest BCUT2D eigenvalue weighted by Crippen LogP contribution is -2.37. The van der Waals surface area contributed by atoms with Crippen LogP contribution < -0.4 is 0 Å². The number of hydrogen-bond donors (Lipinski definition) is 0. The van der Waals surface area contributed by atoms with Crippen molar-refractivity contribution < 1.29 is 9.59 Å². The van der Waals surface area contributed by atoms with Crippen LogP contribution in [0.25, 0.3) is 10.8 Å². The van der Waals surface area contributed by atoms with Crippen LogP contribution in [0.3, 0.4) is 0 Å². The van der Waals surface area contributed by atoms with E-state index in [9.17, 15) is 9.59 Å². The van der Waals surface area contributed by atoms with Crippen LogP contribution in [0.2, 0.25) is 0 Å². The van der Waals surface area contributed by atoms with E-state index in [2.05, 4.69) is 17.0 Å². The van der Waals surface area contributed by atoms with Crippen LogP contribution in [0.15, 0.2) is 78.0 Å². The Morgan fingerprint density at radius 2 is 1.59 bits per heavy atom. The molecule has 3 aromatic rings. The van der Waals surface area contributed by atoms with Crippen molar-refractivity contribution in [3.63, 3.8) is 0 Å². The summed E-state index contributed by atoms with van der Waals surface area (Å²) in [6, 6.07) is 21.7. The Labute approximate surface area is 157 Å². The minimum atomic E-state index is -0.0130. The van der Waals surface area contributed by atoms with Crippen LogP contribution in [-0.2, 0) is 6.54 Å². The summed E-state index contributed by atoms with van der Waals surface area (Å²) in [5.74, 6) is 0.00939. The fourth-order valence-electron chi connectivity index (χ4n) is 4.32. The van der Waals surface area contributed by atoms with Gasteiger partial charge in [0.15, 0.2) is 5.78 Å². The highest BCUT2D eigenvalue weighted by atomic mass is 16.1. The maximum absolute atomic E-state index is 13.4. The molecular formula is C24H19NO2. The van der Waals surface area contributed by atoms with Gasteiger partial charge >= 0.3 is 0 Å². The van der Waals surface area contributed by atoms with Gasteiger partial charge in [-0.1, -0.05) is 60.7 Å². The number of benzene rings is 3. The molecule has 0 saturated carbocycles. The average Bonchev–Trinajstić information content (AvgIpc) is 2.72. The minimum absolute atomic E-state index is 0.0130. The Hall–Kier alpha value is -3.20. The van der Waals surface area contributed by atoms with Gasteiger partial charge in [0.05, 0.1) is 5.70 Å². The van der Waals surface area contributed by atoms with Gasteiger partial charge in [-0.2, -0.15) is 0 Å². The third-order valence-corrected chi connectivity index (χ3v) is 5.56. The molecule has 5 rings (SSSR count). The maximum atomic E-state index is 13.4. The number of ketones is 2. The van der Waals surface area contributed by atoms with Crippen LogP contribution in [-0.4, -0.2) is 23.0 Å². The second kappa shape index (κ2) is 6.20. The fourth-order valence-corrected chi connectivity index (χ4v) is 4.32. The lowest BCUT2D eigenvalue weighted by molar-refractivity contribution is 0.0923. The molecule has 0 saturated heterocycles. The van der Waals surface area contributed by atoms with Crippen molar-refractivity contribution in [1.82, 2.24) is 4.90 Å². The van der Waals surface area contributed by atoms with Crippen molar-refractivity contribution >= 4 is 22.3 Å². The van der Waals surface area contributed by atoms with E-state index in [0.29, 0.717) is 35.4 Å². The van der Waals surface area contributed by atoms with E-state index in [1.54, 1.807) is 0 Å². The summed E-state index contributed by atoms with van der Waals surface area (Å²) in [5.41, 5.74) is 3.57. The molecule has 132 valence electrons. The normalized spacial score (nSPS) is 16.5. The van der Waals surface area contributed by atoms with Gasteiger partial charge in [-0.3, -0.25) is 9.59 Å². The molecule has 0 amide bonds. The van der Waals surface area contributed by atoms with Crippen molar-refractivity contribution in [2.45, 2.75) is 19.4 Å². The van der Waals surface area contributed by atoms with Gasteiger partial charge in [-0.05, 0) is 35.2 Å². The smallest absolute Gasteiger partial charge is 0.210 e. The predicted molar refractivity (Wildman–Crippen MR) is 106 cm³/mol. The Morgan fingerprint density at radius 1 is 0.815 bits per heavy atom. The number of hydrogen-bond acceptors (Lipinski definition) is 3. The van der Waals surface area contributed by atoms with Gasteiger partial charge in [-0.25, -0.2) is 0 Å². The van der Waals surface area contributed by atoms with E-state index in [4.69, 9.17) is 0 Å². The molecule has 1 heterocycles. The van der Waals surface area contributed by atoms with Crippen LogP contribution in [0.4, 0.5) is 0 Å². The molecule has 3 heteroatoms. The molecule has 0 aromatic heterocycles. The van der Waals surface area contributed by atoms with Gasteiger partial charge in [-0.15, -0.1) is 0 Å². The highest BCUT2D eigenvalue weighted by molar-refractivity contribution is 6.30. The van der Waals surface area contributed by atoms with E-state index >= 15 is 0 Å². The molecule has 0 bridgehead atoms. The topological polar surface area (TPSA) is 37.4 Å². The first-order valence-electron chi connectivity index (χ1n) is 9.37. The lowest BCUT2D eigenvalue weighted by atomic mass is 9.80. The quantitative estimate of drug-likeness (QED) is 0.666. The fraction of sp³-hybridized carbons (Fsp3) is 0.167. The third-order valence-electron chi connectivity index (χ3n) is 5.56. The van der Waals surface area contributed by atoms with E-state index in [-0.39, 0.29) is 11.6 Å². The first-order valence-corrected chi connectivity index (χ1v) is 9.37. The number of rotatable bonds is 2. The molecule has 0 radical (unpaired) electrons. The molecule has 0 fully saturated rings. The van der Waals surface area contributed by atoms with E-state index < -0.39 is 0 Å². The first-order chi connectivity index (χ1) is 13.2. The highest BCUT2D eigenvalue weighted by Crippen LogP contribution is 2.37. The Morgan fingerprint density at radius 3 is 2.44 bits per heavy atom. The zero-order valence-corrected chi connectivity index (χ0v) is 14.9. The SMILES string of the molecule is O=C1C2=C(CCCN2Cc2ccccc2)C(=O)c2c1ccc1ccccc21. The predicted octanol–water partition coefficient (Wildman–Crippen LogP) is 4.77.